The molecule has 0 fully saturated rings. The SMILES string of the molecule is CCCCOc1cccc(C(=O)OCCn2cnc3ccccc3c2=O)c1. The van der Waals surface area contributed by atoms with Crippen molar-refractivity contribution in [2.75, 3.05) is 13.2 Å². The summed E-state index contributed by atoms with van der Waals surface area (Å²) in [6.07, 6.45) is 3.48. The van der Waals surface area contributed by atoms with Crippen molar-refractivity contribution < 1.29 is 14.3 Å². The van der Waals surface area contributed by atoms with Gasteiger partial charge in [0.05, 0.1) is 35.9 Å². The molecule has 0 bridgehead atoms. The van der Waals surface area contributed by atoms with Gasteiger partial charge in [0.1, 0.15) is 12.4 Å². The first-order valence-electron chi connectivity index (χ1n) is 9.03. The number of aromatic nitrogens is 2. The van der Waals surface area contributed by atoms with E-state index >= 15 is 0 Å². The van der Waals surface area contributed by atoms with E-state index < -0.39 is 5.97 Å². The molecule has 1 aromatic heterocycles. The maximum absolute atomic E-state index is 12.4. The fourth-order valence-electron chi connectivity index (χ4n) is 2.63. The molecule has 0 aliphatic rings. The lowest BCUT2D eigenvalue weighted by Crippen LogP contribution is -2.23. The summed E-state index contributed by atoms with van der Waals surface area (Å²) in [5.41, 5.74) is 0.923. The van der Waals surface area contributed by atoms with E-state index in [1.807, 2.05) is 12.1 Å². The van der Waals surface area contributed by atoms with Crippen LogP contribution in [0.5, 0.6) is 5.75 Å². The number of para-hydroxylation sites is 1. The summed E-state index contributed by atoms with van der Waals surface area (Å²) in [6, 6.07) is 14.1. The minimum absolute atomic E-state index is 0.0830. The number of ether oxygens (including phenoxy) is 2. The summed E-state index contributed by atoms with van der Waals surface area (Å²) in [6.45, 7) is 3.04. The molecule has 6 nitrogen and oxygen atoms in total. The lowest BCUT2D eigenvalue weighted by Gasteiger charge is -2.09. The lowest BCUT2D eigenvalue weighted by atomic mass is 10.2. The molecule has 0 N–H and O–H groups in total. The van der Waals surface area contributed by atoms with Crippen LogP contribution in [0.2, 0.25) is 0 Å². The molecule has 0 atom stereocenters. The number of carbonyl (C=O) groups excluding carboxylic acids is 1. The van der Waals surface area contributed by atoms with E-state index in [0.717, 1.165) is 12.8 Å². The van der Waals surface area contributed by atoms with Gasteiger partial charge in [-0.25, -0.2) is 9.78 Å². The summed E-state index contributed by atoms with van der Waals surface area (Å²) >= 11 is 0. The van der Waals surface area contributed by atoms with Crippen molar-refractivity contribution in [2.45, 2.75) is 26.3 Å². The van der Waals surface area contributed by atoms with E-state index in [1.165, 1.54) is 10.9 Å². The highest BCUT2D eigenvalue weighted by molar-refractivity contribution is 5.89. The number of benzene rings is 2. The number of unbranched alkanes of at least 4 members (excludes halogenated alkanes) is 1. The smallest absolute Gasteiger partial charge is 0.338 e. The second kappa shape index (κ2) is 8.98. The predicted molar refractivity (Wildman–Crippen MR) is 103 cm³/mol. The van der Waals surface area contributed by atoms with E-state index in [2.05, 4.69) is 11.9 Å². The molecule has 0 radical (unpaired) electrons. The first-order chi connectivity index (χ1) is 13.2. The van der Waals surface area contributed by atoms with E-state index in [1.54, 1.807) is 36.4 Å². The number of rotatable bonds is 8. The summed E-state index contributed by atoms with van der Waals surface area (Å²) in [4.78, 5) is 28.9. The Morgan fingerprint density at radius 1 is 1.11 bits per heavy atom. The Balaban J connectivity index is 1.59. The zero-order valence-corrected chi connectivity index (χ0v) is 15.3. The Morgan fingerprint density at radius 2 is 1.96 bits per heavy atom. The molecule has 2 aromatic carbocycles. The van der Waals surface area contributed by atoms with Crippen LogP contribution in [0.1, 0.15) is 30.1 Å². The number of nitrogens with zero attached hydrogens (tertiary/aromatic N) is 2. The van der Waals surface area contributed by atoms with Crippen LogP contribution in [0, 0.1) is 0 Å². The van der Waals surface area contributed by atoms with Gasteiger partial charge in [-0.2, -0.15) is 0 Å². The van der Waals surface area contributed by atoms with Gasteiger partial charge in [0.25, 0.3) is 5.56 Å². The maximum atomic E-state index is 12.4. The molecule has 0 saturated carbocycles. The van der Waals surface area contributed by atoms with Gasteiger partial charge in [-0.3, -0.25) is 9.36 Å². The standard InChI is InChI=1S/C21H22N2O4/c1-2-3-12-26-17-8-6-7-16(14-17)21(25)27-13-11-23-15-22-19-10-5-4-9-18(19)20(23)24/h4-10,14-15H,2-3,11-13H2,1H3. The van der Waals surface area contributed by atoms with Crippen LogP contribution >= 0.6 is 0 Å². The molecule has 0 saturated heterocycles. The number of esters is 1. The first-order valence-corrected chi connectivity index (χ1v) is 9.03. The number of hydrogen-bond donors (Lipinski definition) is 0. The average molecular weight is 366 g/mol. The zero-order valence-electron chi connectivity index (χ0n) is 15.3. The van der Waals surface area contributed by atoms with Crippen LogP contribution < -0.4 is 10.3 Å². The molecule has 0 unspecified atom stereocenters. The minimum atomic E-state index is -0.447. The van der Waals surface area contributed by atoms with Crippen LogP contribution in [0.3, 0.4) is 0 Å². The molecule has 0 aliphatic carbocycles. The highest BCUT2D eigenvalue weighted by atomic mass is 16.5. The largest absolute Gasteiger partial charge is 0.494 e. The van der Waals surface area contributed by atoms with Crippen LogP contribution in [0.4, 0.5) is 0 Å². The van der Waals surface area contributed by atoms with Gasteiger partial charge >= 0.3 is 5.97 Å². The van der Waals surface area contributed by atoms with Gasteiger partial charge in [0.15, 0.2) is 0 Å². The fourth-order valence-corrected chi connectivity index (χ4v) is 2.63. The van der Waals surface area contributed by atoms with Crippen molar-refractivity contribution in [3.63, 3.8) is 0 Å². The molecule has 1 heterocycles. The maximum Gasteiger partial charge on any atom is 0.338 e. The summed E-state index contributed by atoms with van der Waals surface area (Å²) in [5.74, 6) is 0.200. The van der Waals surface area contributed by atoms with E-state index in [0.29, 0.717) is 28.8 Å². The van der Waals surface area contributed by atoms with E-state index in [4.69, 9.17) is 9.47 Å². The Kier molecular flexibility index (Phi) is 6.20. The van der Waals surface area contributed by atoms with Crippen molar-refractivity contribution >= 4 is 16.9 Å². The van der Waals surface area contributed by atoms with Crippen LogP contribution in [-0.2, 0) is 11.3 Å². The van der Waals surface area contributed by atoms with Crippen molar-refractivity contribution in [1.82, 2.24) is 9.55 Å². The second-order valence-corrected chi connectivity index (χ2v) is 6.13. The number of hydrogen-bond acceptors (Lipinski definition) is 5. The highest BCUT2D eigenvalue weighted by Gasteiger charge is 2.09. The molecule has 140 valence electrons. The zero-order chi connectivity index (χ0) is 19.1. The van der Waals surface area contributed by atoms with Crippen molar-refractivity contribution in [3.05, 3.63) is 70.8 Å². The summed E-state index contributed by atoms with van der Waals surface area (Å²) in [5, 5.41) is 0.545. The molecule has 0 spiro atoms. The molecule has 6 heteroatoms. The third kappa shape index (κ3) is 4.73. The van der Waals surface area contributed by atoms with Crippen molar-refractivity contribution in [3.8, 4) is 5.75 Å². The third-order valence-corrected chi connectivity index (χ3v) is 4.13. The number of carbonyl (C=O) groups is 1. The van der Waals surface area contributed by atoms with Gasteiger partial charge < -0.3 is 9.47 Å². The second-order valence-electron chi connectivity index (χ2n) is 6.13. The Labute approximate surface area is 157 Å². The predicted octanol–water partition coefficient (Wildman–Crippen LogP) is 3.43. The normalized spacial score (nSPS) is 10.7. The summed E-state index contributed by atoms with van der Waals surface area (Å²) < 4.78 is 12.3. The molecule has 0 aliphatic heterocycles. The van der Waals surface area contributed by atoms with Crippen LogP contribution in [0.25, 0.3) is 10.9 Å². The van der Waals surface area contributed by atoms with Crippen LogP contribution in [0.15, 0.2) is 59.7 Å². The number of fused-ring (bicyclic) bond motifs is 1. The Hall–Kier alpha value is -3.15. The van der Waals surface area contributed by atoms with Gasteiger partial charge in [0, 0.05) is 0 Å². The molecule has 0 amide bonds. The molecular weight excluding hydrogens is 344 g/mol. The van der Waals surface area contributed by atoms with Crippen LogP contribution in [-0.4, -0.2) is 28.7 Å². The van der Waals surface area contributed by atoms with Gasteiger partial charge in [-0.1, -0.05) is 31.5 Å². The Bertz CT molecular complexity index is 981. The quantitative estimate of drug-likeness (QED) is 0.451. The minimum Gasteiger partial charge on any atom is -0.494 e. The van der Waals surface area contributed by atoms with Gasteiger partial charge in [0.2, 0.25) is 0 Å². The average Bonchev–Trinajstić information content (AvgIpc) is 2.70. The van der Waals surface area contributed by atoms with E-state index in [-0.39, 0.29) is 18.7 Å². The monoisotopic (exact) mass is 366 g/mol. The third-order valence-electron chi connectivity index (χ3n) is 4.13. The Morgan fingerprint density at radius 3 is 2.81 bits per heavy atom. The van der Waals surface area contributed by atoms with E-state index in [9.17, 15) is 9.59 Å². The molecular formula is C21H22N2O4. The summed E-state index contributed by atoms with van der Waals surface area (Å²) in [7, 11) is 0. The highest BCUT2D eigenvalue weighted by Crippen LogP contribution is 2.14. The molecule has 27 heavy (non-hydrogen) atoms. The van der Waals surface area contributed by atoms with Crippen molar-refractivity contribution in [2.24, 2.45) is 0 Å². The fraction of sp³-hybridized carbons (Fsp3) is 0.286. The van der Waals surface area contributed by atoms with Gasteiger partial charge in [-0.05, 0) is 36.8 Å². The molecule has 3 aromatic rings. The molecule has 3 rings (SSSR count). The van der Waals surface area contributed by atoms with Crippen molar-refractivity contribution in [1.29, 1.82) is 0 Å². The lowest BCUT2D eigenvalue weighted by molar-refractivity contribution is 0.0489. The topological polar surface area (TPSA) is 70.4 Å². The first kappa shape index (κ1) is 18.6. The van der Waals surface area contributed by atoms with Gasteiger partial charge in [-0.15, -0.1) is 0 Å².